The molecule has 5 heteroatoms. The smallest absolute Gasteiger partial charge is 0.160 e. The predicted octanol–water partition coefficient (Wildman–Crippen LogP) is 2.96. The van der Waals surface area contributed by atoms with Gasteiger partial charge in [-0.05, 0) is 50.8 Å². The minimum absolute atomic E-state index is 0.643. The average Bonchev–Trinajstić information content (AvgIpc) is 3.24. The highest BCUT2D eigenvalue weighted by Gasteiger charge is 2.30. The van der Waals surface area contributed by atoms with Crippen LogP contribution in [0.25, 0.3) is 11.2 Å². The van der Waals surface area contributed by atoms with Gasteiger partial charge in [-0.25, -0.2) is 9.97 Å². The van der Waals surface area contributed by atoms with Crippen molar-refractivity contribution in [1.29, 1.82) is 0 Å². The number of nitrogens with one attached hydrogen (secondary N) is 1. The van der Waals surface area contributed by atoms with Crippen LogP contribution in [0.2, 0.25) is 5.02 Å². The molecule has 2 aliphatic rings. The fourth-order valence-electron chi connectivity index (χ4n) is 3.16. The summed E-state index contributed by atoms with van der Waals surface area (Å²) in [5.41, 5.74) is 1.96. The van der Waals surface area contributed by atoms with E-state index in [0.29, 0.717) is 10.9 Å². The molecule has 0 unspecified atom stereocenters. The molecule has 1 saturated heterocycles. The van der Waals surface area contributed by atoms with Gasteiger partial charge >= 0.3 is 0 Å². The summed E-state index contributed by atoms with van der Waals surface area (Å²) in [7, 11) is 0. The normalized spacial score (nSPS) is 20.6. The number of pyridine rings is 1. The highest BCUT2D eigenvalue weighted by atomic mass is 35.5. The molecule has 1 N–H and O–H groups in total. The molecule has 0 radical (unpaired) electrons. The van der Waals surface area contributed by atoms with Crippen LogP contribution in [-0.4, -0.2) is 27.6 Å². The maximum Gasteiger partial charge on any atom is 0.160 e. The van der Waals surface area contributed by atoms with Crippen LogP contribution in [0.1, 0.15) is 37.4 Å². The van der Waals surface area contributed by atoms with E-state index < -0.39 is 0 Å². The predicted molar refractivity (Wildman–Crippen MR) is 80.1 cm³/mol. The Bertz CT molecular complexity index is 626. The first-order valence-electron chi connectivity index (χ1n) is 7.53. The highest BCUT2D eigenvalue weighted by Crippen LogP contribution is 2.41. The number of fused-ring (bicyclic) bond motifs is 1. The van der Waals surface area contributed by atoms with Crippen LogP contribution < -0.4 is 5.32 Å². The van der Waals surface area contributed by atoms with Crippen LogP contribution >= 0.6 is 11.6 Å². The summed E-state index contributed by atoms with van der Waals surface area (Å²) in [4.78, 5) is 9.33. The zero-order valence-corrected chi connectivity index (χ0v) is 12.2. The van der Waals surface area contributed by atoms with Crippen LogP contribution in [0.4, 0.5) is 0 Å². The molecule has 2 aromatic rings. The summed E-state index contributed by atoms with van der Waals surface area (Å²) in [5.74, 6) is 2.61. The van der Waals surface area contributed by atoms with Gasteiger partial charge in [0.2, 0.25) is 0 Å². The van der Waals surface area contributed by atoms with Gasteiger partial charge < -0.3 is 9.88 Å². The first kappa shape index (κ1) is 12.6. The van der Waals surface area contributed by atoms with Crippen molar-refractivity contribution in [2.24, 2.45) is 5.92 Å². The standard InChI is InChI=1S/C15H19ClN4/c16-12-7-13-15(18-8-12)20(14(19-13)11-1-2-11)9-10-3-5-17-6-4-10/h7-8,10-11,17H,1-6,9H2. The minimum Gasteiger partial charge on any atom is -0.317 e. The van der Waals surface area contributed by atoms with E-state index in [1.54, 1.807) is 6.20 Å². The monoisotopic (exact) mass is 290 g/mol. The molecule has 0 amide bonds. The van der Waals surface area contributed by atoms with Crippen LogP contribution in [0.5, 0.6) is 0 Å². The molecule has 1 aliphatic carbocycles. The summed E-state index contributed by atoms with van der Waals surface area (Å²) < 4.78 is 2.36. The van der Waals surface area contributed by atoms with Crippen molar-refractivity contribution in [3.8, 4) is 0 Å². The average molecular weight is 291 g/mol. The second-order valence-electron chi connectivity index (χ2n) is 6.04. The van der Waals surface area contributed by atoms with Crippen molar-refractivity contribution >= 4 is 22.8 Å². The molecule has 0 spiro atoms. The van der Waals surface area contributed by atoms with E-state index in [4.69, 9.17) is 16.6 Å². The maximum atomic E-state index is 6.05. The Balaban J connectivity index is 1.73. The lowest BCUT2D eigenvalue weighted by Crippen LogP contribution is -2.30. The molecule has 0 atom stereocenters. The van der Waals surface area contributed by atoms with E-state index >= 15 is 0 Å². The van der Waals surface area contributed by atoms with Crippen molar-refractivity contribution in [1.82, 2.24) is 19.9 Å². The molecule has 20 heavy (non-hydrogen) atoms. The zero-order chi connectivity index (χ0) is 13.5. The van der Waals surface area contributed by atoms with E-state index in [1.165, 1.54) is 31.5 Å². The number of imidazole rings is 1. The molecule has 3 heterocycles. The van der Waals surface area contributed by atoms with Crippen LogP contribution in [0.15, 0.2) is 12.3 Å². The van der Waals surface area contributed by atoms with Gasteiger partial charge in [-0.2, -0.15) is 0 Å². The number of nitrogens with zero attached hydrogens (tertiary/aromatic N) is 3. The molecular weight excluding hydrogens is 272 g/mol. The fraction of sp³-hybridized carbons (Fsp3) is 0.600. The largest absolute Gasteiger partial charge is 0.317 e. The Morgan fingerprint density at radius 1 is 1.25 bits per heavy atom. The van der Waals surface area contributed by atoms with Gasteiger partial charge in [-0.3, -0.25) is 0 Å². The van der Waals surface area contributed by atoms with Crippen molar-refractivity contribution in [3.63, 3.8) is 0 Å². The number of aromatic nitrogens is 3. The topological polar surface area (TPSA) is 42.7 Å². The van der Waals surface area contributed by atoms with Crippen molar-refractivity contribution in [2.45, 2.75) is 38.1 Å². The number of hydrogen-bond acceptors (Lipinski definition) is 3. The summed E-state index contributed by atoms with van der Waals surface area (Å²) in [6, 6.07) is 1.94. The Kier molecular flexibility index (Phi) is 3.15. The van der Waals surface area contributed by atoms with Gasteiger partial charge in [-0.15, -0.1) is 0 Å². The van der Waals surface area contributed by atoms with Gasteiger partial charge in [0.25, 0.3) is 0 Å². The van der Waals surface area contributed by atoms with E-state index in [9.17, 15) is 0 Å². The summed E-state index contributed by atoms with van der Waals surface area (Å²) in [6.45, 7) is 3.32. The highest BCUT2D eigenvalue weighted by molar-refractivity contribution is 6.31. The Labute approximate surface area is 123 Å². The lowest BCUT2D eigenvalue weighted by atomic mass is 9.98. The molecule has 106 valence electrons. The van der Waals surface area contributed by atoms with Crippen LogP contribution in [-0.2, 0) is 6.54 Å². The summed E-state index contributed by atoms with van der Waals surface area (Å²) in [5, 5.41) is 4.10. The lowest BCUT2D eigenvalue weighted by molar-refractivity contribution is 0.332. The Hall–Kier alpha value is -1.13. The van der Waals surface area contributed by atoms with Gasteiger partial charge in [0.15, 0.2) is 5.65 Å². The molecule has 1 saturated carbocycles. The molecule has 0 bridgehead atoms. The van der Waals surface area contributed by atoms with Crippen LogP contribution in [0, 0.1) is 5.92 Å². The molecule has 2 aromatic heterocycles. The maximum absolute atomic E-state index is 6.05. The number of rotatable bonds is 3. The minimum atomic E-state index is 0.643. The zero-order valence-electron chi connectivity index (χ0n) is 11.5. The summed E-state index contributed by atoms with van der Waals surface area (Å²) >= 11 is 6.05. The third-order valence-corrected chi connectivity index (χ3v) is 4.63. The summed E-state index contributed by atoms with van der Waals surface area (Å²) in [6.07, 6.45) is 6.77. The molecule has 1 aliphatic heterocycles. The first-order valence-corrected chi connectivity index (χ1v) is 7.91. The Morgan fingerprint density at radius 3 is 2.80 bits per heavy atom. The molecule has 2 fully saturated rings. The molecule has 4 rings (SSSR count). The van der Waals surface area contributed by atoms with Gasteiger partial charge in [0, 0.05) is 18.7 Å². The van der Waals surface area contributed by atoms with E-state index in [-0.39, 0.29) is 0 Å². The SMILES string of the molecule is Clc1cnc2c(c1)nc(C1CC1)n2CC1CCNCC1. The van der Waals surface area contributed by atoms with Gasteiger partial charge in [-0.1, -0.05) is 11.6 Å². The fourth-order valence-corrected chi connectivity index (χ4v) is 3.31. The first-order chi connectivity index (χ1) is 9.81. The van der Waals surface area contributed by atoms with E-state index in [1.807, 2.05) is 6.07 Å². The molecule has 0 aromatic carbocycles. The van der Waals surface area contributed by atoms with E-state index in [0.717, 1.165) is 36.7 Å². The van der Waals surface area contributed by atoms with Crippen molar-refractivity contribution < 1.29 is 0 Å². The second kappa shape index (κ2) is 5.01. The van der Waals surface area contributed by atoms with Crippen molar-refractivity contribution in [3.05, 3.63) is 23.1 Å². The number of piperidine rings is 1. The quantitative estimate of drug-likeness (QED) is 0.945. The molecular formula is C15H19ClN4. The number of halogens is 1. The number of hydrogen-bond donors (Lipinski definition) is 1. The third-order valence-electron chi connectivity index (χ3n) is 4.42. The van der Waals surface area contributed by atoms with Gasteiger partial charge in [0.1, 0.15) is 11.3 Å². The van der Waals surface area contributed by atoms with Gasteiger partial charge in [0.05, 0.1) is 5.02 Å². The van der Waals surface area contributed by atoms with E-state index in [2.05, 4.69) is 14.9 Å². The van der Waals surface area contributed by atoms with Crippen molar-refractivity contribution in [2.75, 3.05) is 13.1 Å². The lowest BCUT2D eigenvalue weighted by Gasteiger charge is -2.23. The molecule has 4 nitrogen and oxygen atoms in total. The van der Waals surface area contributed by atoms with Crippen LogP contribution in [0.3, 0.4) is 0 Å². The third kappa shape index (κ3) is 2.31. The second-order valence-corrected chi connectivity index (χ2v) is 6.48. The Morgan fingerprint density at radius 2 is 2.05 bits per heavy atom.